The van der Waals surface area contributed by atoms with Gasteiger partial charge in [-0.2, -0.15) is 12.7 Å². The standard InChI is InChI=1S/C12H23N3O3S/c1-3-13-8-5-10-15(2)19(16,17)14-9-7-12-6-4-11-18-12/h4,6,11,13-14H,3,5,7-10H2,1-2H3. The van der Waals surface area contributed by atoms with Crippen LogP contribution >= 0.6 is 0 Å². The zero-order chi connectivity index (χ0) is 14.1. The van der Waals surface area contributed by atoms with Gasteiger partial charge in [-0.25, -0.2) is 4.72 Å². The quantitative estimate of drug-likeness (QED) is 0.618. The number of rotatable bonds is 10. The largest absolute Gasteiger partial charge is 0.469 e. The van der Waals surface area contributed by atoms with E-state index in [0.717, 1.165) is 25.3 Å². The zero-order valence-corrected chi connectivity index (χ0v) is 12.4. The Morgan fingerprint density at radius 2 is 2.16 bits per heavy atom. The van der Waals surface area contributed by atoms with Crippen LogP contribution < -0.4 is 10.0 Å². The van der Waals surface area contributed by atoms with Crippen molar-refractivity contribution in [3.05, 3.63) is 24.2 Å². The van der Waals surface area contributed by atoms with Crippen LogP contribution in [0.4, 0.5) is 0 Å². The SMILES string of the molecule is CCNCCCN(C)S(=O)(=O)NCCc1ccco1. The summed E-state index contributed by atoms with van der Waals surface area (Å²) >= 11 is 0. The molecule has 0 unspecified atom stereocenters. The molecule has 0 aliphatic rings. The second kappa shape index (κ2) is 8.31. The molecule has 1 aromatic rings. The van der Waals surface area contributed by atoms with Gasteiger partial charge in [-0.15, -0.1) is 0 Å². The maximum Gasteiger partial charge on any atom is 0.279 e. The predicted molar refractivity (Wildman–Crippen MR) is 75.1 cm³/mol. The molecule has 0 amide bonds. The fourth-order valence-electron chi connectivity index (χ4n) is 1.59. The highest BCUT2D eigenvalue weighted by molar-refractivity contribution is 7.87. The number of furan rings is 1. The molecule has 0 spiro atoms. The van der Waals surface area contributed by atoms with E-state index in [1.807, 2.05) is 13.0 Å². The van der Waals surface area contributed by atoms with E-state index in [9.17, 15) is 8.42 Å². The molecule has 0 radical (unpaired) electrons. The molecule has 7 heteroatoms. The average molecular weight is 289 g/mol. The maximum absolute atomic E-state index is 11.9. The molecule has 0 aliphatic carbocycles. The van der Waals surface area contributed by atoms with Crippen LogP contribution in [0.1, 0.15) is 19.1 Å². The minimum Gasteiger partial charge on any atom is -0.469 e. The Balaban J connectivity index is 2.25. The van der Waals surface area contributed by atoms with E-state index in [1.165, 1.54) is 4.31 Å². The maximum atomic E-state index is 11.9. The molecule has 0 atom stereocenters. The Bertz CT molecular complexity index is 431. The molecular weight excluding hydrogens is 266 g/mol. The van der Waals surface area contributed by atoms with Gasteiger partial charge in [0.1, 0.15) is 5.76 Å². The van der Waals surface area contributed by atoms with Gasteiger partial charge in [0.2, 0.25) is 0 Å². The molecule has 1 heterocycles. The van der Waals surface area contributed by atoms with Crippen molar-refractivity contribution in [3.8, 4) is 0 Å². The van der Waals surface area contributed by atoms with Crippen molar-refractivity contribution in [1.82, 2.24) is 14.3 Å². The van der Waals surface area contributed by atoms with Gasteiger partial charge in [-0.05, 0) is 31.6 Å². The number of hydrogen-bond acceptors (Lipinski definition) is 4. The van der Waals surface area contributed by atoms with Crippen LogP contribution in [0, 0.1) is 0 Å². The van der Waals surface area contributed by atoms with Gasteiger partial charge in [-0.1, -0.05) is 6.92 Å². The number of nitrogens with zero attached hydrogens (tertiary/aromatic N) is 1. The van der Waals surface area contributed by atoms with Crippen molar-refractivity contribution in [2.75, 3.05) is 33.2 Å². The molecule has 0 aliphatic heterocycles. The first-order chi connectivity index (χ1) is 9.06. The molecule has 1 aromatic heterocycles. The van der Waals surface area contributed by atoms with Crippen LogP contribution in [0.3, 0.4) is 0 Å². The summed E-state index contributed by atoms with van der Waals surface area (Å²) in [4.78, 5) is 0. The van der Waals surface area contributed by atoms with E-state index in [-0.39, 0.29) is 0 Å². The van der Waals surface area contributed by atoms with Gasteiger partial charge in [0.05, 0.1) is 6.26 Å². The van der Waals surface area contributed by atoms with E-state index in [0.29, 0.717) is 19.5 Å². The average Bonchev–Trinajstić information content (AvgIpc) is 2.87. The van der Waals surface area contributed by atoms with Gasteiger partial charge in [0.15, 0.2) is 0 Å². The summed E-state index contributed by atoms with van der Waals surface area (Å²) < 4.78 is 32.8. The van der Waals surface area contributed by atoms with Crippen LogP contribution in [0.15, 0.2) is 22.8 Å². The highest BCUT2D eigenvalue weighted by Gasteiger charge is 2.16. The first kappa shape index (κ1) is 16.2. The van der Waals surface area contributed by atoms with Crippen LogP contribution in [-0.2, 0) is 16.6 Å². The van der Waals surface area contributed by atoms with Crippen molar-refractivity contribution in [2.24, 2.45) is 0 Å². The predicted octanol–water partition coefficient (Wildman–Crippen LogP) is 0.588. The van der Waals surface area contributed by atoms with Crippen LogP contribution in [0.2, 0.25) is 0 Å². The molecule has 1 rings (SSSR count). The number of nitrogens with one attached hydrogen (secondary N) is 2. The van der Waals surface area contributed by atoms with Crippen LogP contribution in [-0.4, -0.2) is 45.9 Å². The lowest BCUT2D eigenvalue weighted by Gasteiger charge is -2.17. The molecule has 19 heavy (non-hydrogen) atoms. The molecule has 2 N–H and O–H groups in total. The molecule has 0 bridgehead atoms. The molecule has 0 fully saturated rings. The summed E-state index contributed by atoms with van der Waals surface area (Å²) in [6, 6.07) is 3.62. The van der Waals surface area contributed by atoms with Crippen molar-refractivity contribution in [3.63, 3.8) is 0 Å². The third-order valence-corrected chi connectivity index (χ3v) is 4.29. The van der Waals surface area contributed by atoms with Gasteiger partial charge in [0, 0.05) is 26.6 Å². The normalized spacial score (nSPS) is 12.2. The van der Waals surface area contributed by atoms with Crippen molar-refractivity contribution in [2.45, 2.75) is 19.8 Å². The zero-order valence-electron chi connectivity index (χ0n) is 11.6. The third-order valence-electron chi connectivity index (χ3n) is 2.72. The Labute approximate surface area is 115 Å². The third kappa shape index (κ3) is 6.20. The first-order valence-electron chi connectivity index (χ1n) is 6.50. The Morgan fingerprint density at radius 3 is 2.79 bits per heavy atom. The van der Waals surface area contributed by atoms with E-state index in [4.69, 9.17) is 4.42 Å². The van der Waals surface area contributed by atoms with E-state index in [1.54, 1.807) is 19.4 Å². The summed E-state index contributed by atoms with van der Waals surface area (Å²) in [7, 11) is -1.80. The minimum absolute atomic E-state index is 0.341. The van der Waals surface area contributed by atoms with Crippen molar-refractivity contribution >= 4 is 10.2 Å². The summed E-state index contributed by atoms with van der Waals surface area (Å²) in [6.07, 6.45) is 2.93. The van der Waals surface area contributed by atoms with Gasteiger partial charge in [-0.3, -0.25) is 0 Å². The van der Waals surface area contributed by atoms with Gasteiger partial charge in [0.25, 0.3) is 10.2 Å². The van der Waals surface area contributed by atoms with Crippen LogP contribution in [0.5, 0.6) is 0 Å². The monoisotopic (exact) mass is 289 g/mol. The van der Waals surface area contributed by atoms with E-state index in [2.05, 4.69) is 10.0 Å². The summed E-state index contributed by atoms with van der Waals surface area (Å²) in [6.45, 7) is 4.59. The molecule has 0 saturated carbocycles. The fourth-order valence-corrected chi connectivity index (χ4v) is 2.54. The highest BCUT2D eigenvalue weighted by atomic mass is 32.2. The Kier molecular flexibility index (Phi) is 7.07. The molecule has 0 saturated heterocycles. The Morgan fingerprint density at radius 1 is 1.37 bits per heavy atom. The van der Waals surface area contributed by atoms with E-state index >= 15 is 0 Å². The second-order valence-corrected chi connectivity index (χ2v) is 6.12. The van der Waals surface area contributed by atoms with Gasteiger partial charge < -0.3 is 9.73 Å². The van der Waals surface area contributed by atoms with Crippen molar-refractivity contribution in [1.29, 1.82) is 0 Å². The molecule has 110 valence electrons. The summed E-state index contributed by atoms with van der Waals surface area (Å²) in [5.41, 5.74) is 0. The lowest BCUT2D eigenvalue weighted by molar-refractivity contribution is 0.443. The topological polar surface area (TPSA) is 74.6 Å². The molecular formula is C12H23N3O3S. The molecule has 0 aromatic carbocycles. The summed E-state index contributed by atoms with van der Waals surface area (Å²) in [5.74, 6) is 0.775. The lowest BCUT2D eigenvalue weighted by Crippen LogP contribution is -2.40. The second-order valence-electron chi connectivity index (χ2n) is 4.26. The Hall–Kier alpha value is -0.890. The lowest BCUT2D eigenvalue weighted by atomic mass is 10.3. The first-order valence-corrected chi connectivity index (χ1v) is 7.94. The molecule has 6 nitrogen and oxygen atoms in total. The summed E-state index contributed by atoms with van der Waals surface area (Å²) in [5, 5.41) is 3.16. The minimum atomic E-state index is -3.39. The van der Waals surface area contributed by atoms with Crippen LogP contribution in [0.25, 0.3) is 0 Å². The number of hydrogen-bond donors (Lipinski definition) is 2. The van der Waals surface area contributed by atoms with Crippen molar-refractivity contribution < 1.29 is 12.8 Å². The fraction of sp³-hybridized carbons (Fsp3) is 0.667. The highest BCUT2D eigenvalue weighted by Crippen LogP contribution is 2.01. The van der Waals surface area contributed by atoms with E-state index < -0.39 is 10.2 Å². The van der Waals surface area contributed by atoms with Gasteiger partial charge >= 0.3 is 0 Å². The smallest absolute Gasteiger partial charge is 0.279 e.